The number of carbonyl (C=O) groups is 1. The van der Waals surface area contributed by atoms with Crippen LogP contribution in [0.15, 0.2) is 60.7 Å². The van der Waals surface area contributed by atoms with Crippen molar-refractivity contribution in [3.05, 3.63) is 77.4 Å². The van der Waals surface area contributed by atoms with Gasteiger partial charge in [0.1, 0.15) is 5.75 Å². The van der Waals surface area contributed by atoms with Gasteiger partial charge in [0.25, 0.3) is 0 Å². The van der Waals surface area contributed by atoms with Gasteiger partial charge in [0.05, 0.1) is 12.5 Å². The molecule has 2 aliphatic heterocycles. The fraction of sp³-hybridized carbons (Fsp3) is 0.452. The number of nitrogens with zero attached hydrogens (tertiary/aromatic N) is 2. The highest BCUT2D eigenvalue weighted by Gasteiger charge is 2.35. The summed E-state index contributed by atoms with van der Waals surface area (Å²) < 4.78 is 6.33. The van der Waals surface area contributed by atoms with Crippen LogP contribution in [0.25, 0.3) is 10.8 Å². The van der Waals surface area contributed by atoms with Crippen LogP contribution in [0.3, 0.4) is 0 Å². The highest BCUT2D eigenvalue weighted by atomic mass is 16.5. The molecule has 0 unspecified atom stereocenters. The number of hydrogen-bond acceptors (Lipinski definition) is 3. The van der Waals surface area contributed by atoms with Gasteiger partial charge in [0.2, 0.25) is 5.91 Å². The summed E-state index contributed by atoms with van der Waals surface area (Å²) in [4.78, 5) is 18.0. The lowest BCUT2D eigenvalue weighted by atomic mass is 9.88. The molecule has 3 aliphatic rings. The van der Waals surface area contributed by atoms with E-state index < -0.39 is 0 Å². The number of hydrogen-bond donors (Lipinski definition) is 0. The Labute approximate surface area is 208 Å². The third-order valence-electron chi connectivity index (χ3n) is 8.16. The molecule has 0 aromatic heterocycles. The van der Waals surface area contributed by atoms with Crippen LogP contribution in [0.4, 0.5) is 0 Å². The minimum Gasteiger partial charge on any atom is -0.493 e. The Kier molecular flexibility index (Phi) is 6.47. The summed E-state index contributed by atoms with van der Waals surface area (Å²) in [5.74, 6) is 1.76. The van der Waals surface area contributed by atoms with Crippen molar-refractivity contribution in [2.75, 3.05) is 32.8 Å². The number of benzene rings is 3. The summed E-state index contributed by atoms with van der Waals surface area (Å²) in [6, 6.07) is 21.9. The van der Waals surface area contributed by atoms with Crippen molar-refractivity contribution >= 4 is 16.7 Å². The van der Waals surface area contributed by atoms with E-state index in [1.165, 1.54) is 46.7 Å². The smallest absolute Gasteiger partial charge is 0.226 e. The van der Waals surface area contributed by atoms with Crippen LogP contribution in [0.2, 0.25) is 0 Å². The first-order valence-electron chi connectivity index (χ1n) is 13.4. The van der Waals surface area contributed by atoms with Gasteiger partial charge < -0.3 is 9.64 Å². The maximum atomic E-state index is 13.4. The van der Waals surface area contributed by atoms with E-state index in [0.29, 0.717) is 18.4 Å². The van der Waals surface area contributed by atoms with E-state index in [1.54, 1.807) is 0 Å². The lowest BCUT2D eigenvalue weighted by Gasteiger charge is -2.38. The summed E-state index contributed by atoms with van der Waals surface area (Å²) >= 11 is 0. The highest BCUT2D eigenvalue weighted by molar-refractivity contribution is 5.83. The lowest BCUT2D eigenvalue weighted by Crippen LogP contribution is -2.48. The second-order valence-electron chi connectivity index (χ2n) is 10.8. The second-order valence-corrected chi connectivity index (χ2v) is 10.8. The Hall–Kier alpha value is -2.85. The standard InChI is InChI=1S/C31H36N2O2/c34-31(33-14-3-4-15-33)29-17-24(22-35-30-13-12-26-8-5-9-28(26)18-30)20-32(21-29)19-23-10-11-25-6-1-2-7-27(25)16-23/h1-2,6-7,10-13,16,18,24,29H,3-5,8-9,14-15,17,19-22H2/t24-,29+/m0/s1. The Morgan fingerprint density at radius 3 is 2.57 bits per heavy atom. The maximum Gasteiger partial charge on any atom is 0.226 e. The van der Waals surface area contributed by atoms with Gasteiger partial charge in [-0.25, -0.2) is 0 Å². The zero-order valence-electron chi connectivity index (χ0n) is 20.6. The predicted molar refractivity (Wildman–Crippen MR) is 141 cm³/mol. The highest BCUT2D eigenvalue weighted by Crippen LogP contribution is 2.30. The molecule has 2 fully saturated rings. The SMILES string of the molecule is O=C([C@@H]1C[C@H](COc2ccc3c(c2)CCC3)CN(Cc2ccc3ccccc3c2)C1)N1CCCC1. The molecule has 2 atom stereocenters. The number of likely N-dealkylation sites (tertiary alicyclic amines) is 2. The Morgan fingerprint density at radius 2 is 1.69 bits per heavy atom. The summed E-state index contributed by atoms with van der Waals surface area (Å²) in [7, 11) is 0. The Morgan fingerprint density at radius 1 is 0.857 bits per heavy atom. The third kappa shape index (κ3) is 5.08. The molecular weight excluding hydrogens is 432 g/mol. The summed E-state index contributed by atoms with van der Waals surface area (Å²) in [5.41, 5.74) is 4.25. The van der Waals surface area contributed by atoms with Crippen LogP contribution >= 0.6 is 0 Å². The van der Waals surface area contributed by atoms with Gasteiger partial charge in [-0.3, -0.25) is 9.69 Å². The minimum absolute atomic E-state index is 0.0657. The molecule has 2 heterocycles. The number of carbonyl (C=O) groups excluding carboxylic acids is 1. The fourth-order valence-electron chi connectivity index (χ4n) is 6.37. The molecule has 2 saturated heterocycles. The first-order valence-corrected chi connectivity index (χ1v) is 13.4. The minimum atomic E-state index is 0.0657. The third-order valence-corrected chi connectivity index (χ3v) is 8.16. The van der Waals surface area contributed by atoms with Crippen molar-refractivity contribution < 1.29 is 9.53 Å². The molecule has 3 aromatic rings. The molecule has 0 radical (unpaired) electrons. The van der Waals surface area contributed by atoms with Crippen molar-refractivity contribution in [2.45, 2.75) is 45.1 Å². The van der Waals surface area contributed by atoms with Gasteiger partial charge in [-0.1, -0.05) is 42.5 Å². The van der Waals surface area contributed by atoms with Gasteiger partial charge in [-0.2, -0.15) is 0 Å². The summed E-state index contributed by atoms with van der Waals surface area (Å²) in [6.07, 6.45) is 6.83. The van der Waals surface area contributed by atoms with Crippen LogP contribution in [0.5, 0.6) is 5.75 Å². The van der Waals surface area contributed by atoms with Crippen molar-refractivity contribution in [2.24, 2.45) is 11.8 Å². The van der Waals surface area contributed by atoms with E-state index in [-0.39, 0.29) is 5.92 Å². The number of piperidine rings is 1. The molecular formula is C31H36N2O2. The van der Waals surface area contributed by atoms with Crippen LogP contribution < -0.4 is 4.74 Å². The molecule has 4 heteroatoms. The van der Waals surface area contributed by atoms with Crippen LogP contribution in [-0.2, 0) is 24.2 Å². The zero-order valence-corrected chi connectivity index (χ0v) is 20.6. The second kappa shape index (κ2) is 10.0. The van der Waals surface area contributed by atoms with E-state index in [2.05, 4.69) is 70.5 Å². The van der Waals surface area contributed by atoms with E-state index in [0.717, 1.165) is 57.7 Å². The van der Waals surface area contributed by atoms with Crippen molar-refractivity contribution in [1.82, 2.24) is 9.80 Å². The number of ether oxygens (including phenoxy) is 1. The molecule has 35 heavy (non-hydrogen) atoms. The number of aryl methyl sites for hydroxylation is 2. The Balaban J connectivity index is 1.17. The van der Waals surface area contributed by atoms with E-state index in [9.17, 15) is 4.79 Å². The number of amides is 1. The van der Waals surface area contributed by atoms with Gasteiger partial charge in [0.15, 0.2) is 0 Å². The van der Waals surface area contributed by atoms with E-state index in [4.69, 9.17) is 4.74 Å². The molecule has 6 rings (SSSR count). The van der Waals surface area contributed by atoms with Crippen molar-refractivity contribution in [1.29, 1.82) is 0 Å². The molecule has 3 aromatic carbocycles. The van der Waals surface area contributed by atoms with E-state index in [1.807, 2.05) is 0 Å². The molecule has 0 spiro atoms. The first-order chi connectivity index (χ1) is 17.2. The van der Waals surface area contributed by atoms with Gasteiger partial charge >= 0.3 is 0 Å². The molecule has 1 aliphatic carbocycles. The van der Waals surface area contributed by atoms with Gasteiger partial charge in [-0.05, 0) is 84.2 Å². The molecule has 182 valence electrons. The normalized spacial score (nSPS) is 22.5. The van der Waals surface area contributed by atoms with Crippen LogP contribution in [-0.4, -0.2) is 48.5 Å². The quantitative estimate of drug-likeness (QED) is 0.481. The average Bonchev–Trinajstić information content (AvgIpc) is 3.59. The molecule has 1 amide bonds. The van der Waals surface area contributed by atoms with Gasteiger partial charge in [-0.15, -0.1) is 0 Å². The summed E-state index contributed by atoms with van der Waals surface area (Å²) in [6.45, 7) is 5.23. The Bertz CT molecular complexity index is 1200. The molecule has 0 bridgehead atoms. The van der Waals surface area contributed by atoms with Crippen molar-refractivity contribution in [3.8, 4) is 5.75 Å². The predicted octanol–water partition coefficient (Wildman–Crippen LogP) is 5.47. The maximum absolute atomic E-state index is 13.4. The monoisotopic (exact) mass is 468 g/mol. The molecule has 0 N–H and O–H groups in total. The summed E-state index contributed by atoms with van der Waals surface area (Å²) in [5, 5.41) is 2.56. The zero-order chi connectivity index (χ0) is 23.6. The average molecular weight is 469 g/mol. The van der Waals surface area contributed by atoms with Crippen LogP contribution in [0, 0.1) is 11.8 Å². The number of rotatable bonds is 6. The van der Waals surface area contributed by atoms with Crippen LogP contribution in [0.1, 0.15) is 42.4 Å². The van der Waals surface area contributed by atoms with Gasteiger partial charge in [0, 0.05) is 38.6 Å². The largest absolute Gasteiger partial charge is 0.493 e. The van der Waals surface area contributed by atoms with Crippen molar-refractivity contribution in [3.63, 3.8) is 0 Å². The topological polar surface area (TPSA) is 32.8 Å². The lowest BCUT2D eigenvalue weighted by molar-refractivity contribution is -0.137. The number of fused-ring (bicyclic) bond motifs is 2. The molecule has 4 nitrogen and oxygen atoms in total. The fourth-order valence-corrected chi connectivity index (χ4v) is 6.37. The molecule has 0 saturated carbocycles. The first kappa shape index (κ1) is 22.6. The van der Waals surface area contributed by atoms with E-state index >= 15 is 0 Å².